The van der Waals surface area contributed by atoms with Gasteiger partial charge in [-0.1, -0.05) is 30.0 Å². The number of carbonyl (C=O) groups is 1. The monoisotopic (exact) mass is 370 g/mol. The van der Waals surface area contributed by atoms with Crippen LogP contribution in [0.15, 0.2) is 64.9 Å². The van der Waals surface area contributed by atoms with Crippen LogP contribution >= 0.6 is 11.8 Å². The Hall–Kier alpha value is -3.20. The second kappa shape index (κ2) is 7.79. The second-order valence-corrected chi connectivity index (χ2v) is 6.14. The number of hydrogen-bond acceptors (Lipinski definition) is 7. The van der Waals surface area contributed by atoms with Gasteiger partial charge in [-0.15, -0.1) is 16.8 Å². The van der Waals surface area contributed by atoms with Crippen molar-refractivity contribution in [2.45, 2.75) is 11.7 Å². The number of allylic oxidation sites excluding steroid dienone is 1. The van der Waals surface area contributed by atoms with Crippen LogP contribution in [0.3, 0.4) is 0 Å². The van der Waals surface area contributed by atoms with Crippen LogP contribution in [0.4, 0.5) is 5.69 Å². The van der Waals surface area contributed by atoms with E-state index in [1.807, 2.05) is 0 Å². The normalized spacial score (nSPS) is 10.6. The van der Waals surface area contributed by atoms with Crippen LogP contribution in [-0.2, 0) is 6.54 Å². The number of non-ortho nitro benzene ring substituents is 1. The standard InChI is InChI=1S/C17H14N4O4S/c1-2-8-20-16(15-7-4-9-25-15)18-19-17(20)26-11-14(22)12-5-3-6-13(10-12)21(23)24/h2-7,9-10H,1,8,11H2. The molecule has 0 N–H and O–H groups in total. The first-order valence-electron chi connectivity index (χ1n) is 7.58. The van der Waals surface area contributed by atoms with E-state index in [0.29, 0.717) is 23.3 Å². The Balaban J connectivity index is 1.77. The highest BCUT2D eigenvalue weighted by molar-refractivity contribution is 7.99. The second-order valence-electron chi connectivity index (χ2n) is 5.20. The van der Waals surface area contributed by atoms with E-state index in [1.54, 1.807) is 35.1 Å². The molecule has 0 aliphatic rings. The van der Waals surface area contributed by atoms with Crippen molar-refractivity contribution in [2.75, 3.05) is 5.75 Å². The molecule has 8 nitrogen and oxygen atoms in total. The molecule has 0 spiro atoms. The summed E-state index contributed by atoms with van der Waals surface area (Å²) in [6.07, 6.45) is 3.24. The predicted octanol–water partition coefficient (Wildman–Crippen LogP) is 3.61. The fourth-order valence-electron chi connectivity index (χ4n) is 2.28. The molecule has 0 fully saturated rings. The molecule has 0 saturated carbocycles. The molecule has 0 radical (unpaired) electrons. The number of Topliss-reactive ketones (excluding diaryl/α,β-unsaturated/α-hetero) is 1. The van der Waals surface area contributed by atoms with E-state index >= 15 is 0 Å². The Morgan fingerprint density at radius 2 is 2.19 bits per heavy atom. The summed E-state index contributed by atoms with van der Waals surface area (Å²) < 4.78 is 7.14. The fourth-order valence-corrected chi connectivity index (χ4v) is 3.13. The van der Waals surface area contributed by atoms with Crippen LogP contribution in [0.5, 0.6) is 0 Å². The molecule has 2 heterocycles. The molecule has 1 aromatic carbocycles. The zero-order chi connectivity index (χ0) is 18.5. The summed E-state index contributed by atoms with van der Waals surface area (Å²) in [4.78, 5) is 22.7. The van der Waals surface area contributed by atoms with E-state index in [-0.39, 0.29) is 22.8 Å². The van der Waals surface area contributed by atoms with Gasteiger partial charge in [0.05, 0.1) is 16.9 Å². The van der Waals surface area contributed by atoms with Crippen molar-refractivity contribution in [1.82, 2.24) is 14.8 Å². The average Bonchev–Trinajstić information content (AvgIpc) is 3.30. The summed E-state index contributed by atoms with van der Waals surface area (Å²) >= 11 is 1.20. The summed E-state index contributed by atoms with van der Waals surface area (Å²) in [6.45, 7) is 4.18. The smallest absolute Gasteiger partial charge is 0.270 e. The number of carbonyl (C=O) groups excluding carboxylic acids is 1. The van der Waals surface area contributed by atoms with Gasteiger partial charge in [-0.05, 0) is 12.1 Å². The average molecular weight is 370 g/mol. The number of aromatic nitrogens is 3. The van der Waals surface area contributed by atoms with Crippen LogP contribution in [0.2, 0.25) is 0 Å². The molecule has 2 aromatic heterocycles. The first-order valence-corrected chi connectivity index (χ1v) is 8.57. The van der Waals surface area contributed by atoms with Crippen LogP contribution in [0, 0.1) is 10.1 Å². The van der Waals surface area contributed by atoms with Crippen molar-refractivity contribution in [2.24, 2.45) is 0 Å². The van der Waals surface area contributed by atoms with Gasteiger partial charge in [0.15, 0.2) is 16.7 Å². The van der Waals surface area contributed by atoms with Crippen LogP contribution in [0.1, 0.15) is 10.4 Å². The maximum atomic E-state index is 12.4. The molecule has 132 valence electrons. The number of benzene rings is 1. The van der Waals surface area contributed by atoms with Gasteiger partial charge in [-0.2, -0.15) is 0 Å². The lowest BCUT2D eigenvalue weighted by Crippen LogP contribution is -2.06. The van der Waals surface area contributed by atoms with E-state index < -0.39 is 4.92 Å². The van der Waals surface area contributed by atoms with Crippen molar-refractivity contribution in [3.8, 4) is 11.6 Å². The molecule has 9 heteroatoms. The highest BCUT2D eigenvalue weighted by Crippen LogP contribution is 2.25. The third kappa shape index (κ3) is 3.72. The van der Waals surface area contributed by atoms with Gasteiger partial charge in [0.2, 0.25) is 5.82 Å². The van der Waals surface area contributed by atoms with Crippen molar-refractivity contribution < 1.29 is 14.1 Å². The molecule has 0 saturated heterocycles. The molecule has 0 atom stereocenters. The SMILES string of the molecule is C=CCn1c(SCC(=O)c2cccc([N+](=O)[O-])c2)nnc1-c1ccco1. The molecular formula is C17H14N4O4S. The lowest BCUT2D eigenvalue weighted by Gasteiger charge is -2.06. The highest BCUT2D eigenvalue weighted by Gasteiger charge is 2.18. The quantitative estimate of drug-likeness (QED) is 0.196. The fraction of sp³-hybridized carbons (Fsp3) is 0.118. The third-order valence-corrected chi connectivity index (χ3v) is 4.45. The first-order chi connectivity index (χ1) is 12.6. The van der Waals surface area contributed by atoms with Crippen LogP contribution in [-0.4, -0.2) is 31.2 Å². The summed E-state index contributed by atoms with van der Waals surface area (Å²) in [6, 6.07) is 9.18. The number of nitrogens with zero attached hydrogens (tertiary/aromatic N) is 4. The van der Waals surface area contributed by atoms with E-state index in [9.17, 15) is 14.9 Å². The Labute approximate surface area is 152 Å². The number of rotatable bonds is 8. The van der Waals surface area contributed by atoms with E-state index in [1.165, 1.54) is 30.0 Å². The van der Waals surface area contributed by atoms with Gasteiger partial charge >= 0.3 is 0 Å². The molecule has 0 unspecified atom stereocenters. The molecule has 0 aliphatic carbocycles. The van der Waals surface area contributed by atoms with E-state index in [0.717, 1.165) is 0 Å². The van der Waals surface area contributed by atoms with Crippen molar-refractivity contribution in [3.63, 3.8) is 0 Å². The minimum atomic E-state index is -0.528. The number of hydrogen-bond donors (Lipinski definition) is 0. The van der Waals surface area contributed by atoms with Gasteiger partial charge in [0, 0.05) is 24.2 Å². The summed E-state index contributed by atoms with van der Waals surface area (Å²) in [7, 11) is 0. The summed E-state index contributed by atoms with van der Waals surface area (Å²) in [5.41, 5.74) is 0.170. The molecule has 3 rings (SSSR count). The summed E-state index contributed by atoms with van der Waals surface area (Å²) in [5, 5.41) is 19.6. The minimum Gasteiger partial charge on any atom is -0.461 e. The Kier molecular flexibility index (Phi) is 5.28. The number of nitro benzene ring substituents is 1. The van der Waals surface area contributed by atoms with Gasteiger partial charge in [-0.3, -0.25) is 19.5 Å². The number of thioether (sulfide) groups is 1. The highest BCUT2D eigenvalue weighted by atomic mass is 32.2. The van der Waals surface area contributed by atoms with Gasteiger partial charge in [-0.25, -0.2) is 0 Å². The lowest BCUT2D eigenvalue weighted by molar-refractivity contribution is -0.384. The topological polar surface area (TPSA) is 104 Å². The molecule has 3 aromatic rings. The molecule has 26 heavy (non-hydrogen) atoms. The largest absolute Gasteiger partial charge is 0.461 e. The Bertz CT molecular complexity index is 950. The van der Waals surface area contributed by atoms with Gasteiger partial charge in [0.1, 0.15) is 0 Å². The maximum absolute atomic E-state index is 12.4. The summed E-state index contributed by atoms with van der Waals surface area (Å²) in [5.74, 6) is 0.956. The van der Waals surface area contributed by atoms with E-state index in [2.05, 4.69) is 16.8 Å². The van der Waals surface area contributed by atoms with Crippen molar-refractivity contribution in [3.05, 3.63) is 71.0 Å². The number of furan rings is 1. The molecule has 0 bridgehead atoms. The van der Waals surface area contributed by atoms with Crippen LogP contribution < -0.4 is 0 Å². The lowest BCUT2D eigenvalue weighted by atomic mass is 10.1. The van der Waals surface area contributed by atoms with E-state index in [4.69, 9.17) is 4.42 Å². The molecular weight excluding hydrogens is 356 g/mol. The zero-order valence-corrected chi connectivity index (χ0v) is 14.4. The Morgan fingerprint density at radius 3 is 2.88 bits per heavy atom. The van der Waals surface area contributed by atoms with Crippen molar-refractivity contribution in [1.29, 1.82) is 0 Å². The Morgan fingerprint density at radius 1 is 1.35 bits per heavy atom. The number of ketones is 1. The van der Waals surface area contributed by atoms with Crippen LogP contribution in [0.25, 0.3) is 11.6 Å². The van der Waals surface area contributed by atoms with Gasteiger partial charge < -0.3 is 4.42 Å². The number of nitro groups is 1. The van der Waals surface area contributed by atoms with Crippen molar-refractivity contribution >= 4 is 23.2 Å². The first kappa shape index (κ1) is 17.6. The van der Waals surface area contributed by atoms with Gasteiger partial charge in [0.25, 0.3) is 5.69 Å². The molecule has 0 aliphatic heterocycles. The third-order valence-electron chi connectivity index (χ3n) is 3.48. The zero-order valence-electron chi connectivity index (χ0n) is 13.6. The molecule has 0 amide bonds. The minimum absolute atomic E-state index is 0.0780. The predicted molar refractivity (Wildman–Crippen MR) is 96.1 cm³/mol. The maximum Gasteiger partial charge on any atom is 0.270 e.